The van der Waals surface area contributed by atoms with Crippen LogP contribution in [0.4, 0.5) is 27.8 Å². The highest BCUT2D eigenvalue weighted by Crippen LogP contribution is 2.34. The molecule has 0 saturated carbocycles. The molecule has 0 spiro atoms. The number of amides is 1. The number of carbonyl (C=O) groups is 1. The predicted molar refractivity (Wildman–Crippen MR) is 104 cm³/mol. The largest absolute Gasteiger partial charge is 0.416 e. The van der Waals surface area contributed by atoms with Crippen LogP contribution in [0.15, 0.2) is 66.9 Å². The minimum Gasteiger partial charge on any atom is -0.309 e. The number of halogens is 5. The normalized spacial score (nSPS) is 11.6. The van der Waals surface area contributed by atoms with Crippen molar-refractivity contribution in [3.8, 4) is 11.3 Å². The third-order valence-electron chi connectivity index (χ3n) is 4.61. The number of benzene rings is 2. The average molecular weight is 431 g/mol. The van der Waals surface area contributed by atoms with E-state index in [9.17, 15) is 26.7 Å². The molecule has 2 aromatic heterocycles. The summed E-state index contributed by atoms with van der Waals surface area (Å²) in [5, 5.41) is 2.59. The minimum absolute atomic E-state index is 0.0260. The van der Waals surface area contributed by atoms with E-state index in [1.807, 2.05) is 0 Å². The molecule has 0 saturated heterocycles. The van der Waals surface area contributed by atoms with Gasteiger partial charge in [0.2, 0.25) is 5.91 Å². The molecule has 0 aliphatic carbocycles. The quantitative estimate of drug-likeness (QED) is 0.435. The molecule has 2 aromatic carbocycles. The number of nitrogens with zero attached hydrogens (tertiary/aromatic N) is 2. The molecule has 31 heavy (non-hydrogen) atoms. The maximum absolute atomic E-state index is 13.4. The molecule has 2 heterocycles. The lowest BCUT2D eigenvalue weighted by atomic mass is 10.1. The van der Waals surface area contributed by atoms with Crippen molar-refractivity contribution >= 4 is 17.4 Å². The number of imidazole rings is 1. The lowest BCUT2D eigenvalue weighted by Gasteiger charge is -2.09. The SMILES string of the molecule is O=C(Cc1ccc(F)cc1)Nc1nc2cc(C(F)(F)F)ccn2c1-c1ccc(F)cc1. The molecular weight excluding hydrogens is 417 g/mol. The van der Waals surface area contributed by atoms with Gasteiger partial charge in [0, 0.05) is 11.8 Å². The van der Waals surface area contributed by atoms with Crippen molar-refractivity contribution in [1.29, 1.82) is 0 Å². The second-order valence-electron chi connectivity index (χ2n) is 6.81. The van der Waals surface area contributed by atoms with Crippen molar-refractivity contribution in [2.45, 2.75) is 12.6 Å². The topological polar surface area (TPSA) is 46.4 Å². The van der Waals surface area contributed by atoms with Crippen LogP contribution in [0.3, 0.4) is 0 Å². The molecular formula is C22H14F5N3O. The zero-order valence-corrected chi connectivity index (χ0v) is 15.8. The highest BCUT2D eigenvalue weighted by atomic mass is 19.4. The average Bonchev–Trinajstić information content (AvgIpc) is 3.06. The molecule has 0 radical (unpaired) electrons. The summed E-state index contributed by atoms with van der Waals surface area (Å²) < 4.78 is 67.1. The Hall–Kier alpha value is -3.75. The van der Waals surface area contributed by atoms with Gasteiger partial charge in [-0.25, -0.2) is 13.8 Å². The maximum atomic E-state index is 13.4. The fraction of sp³-hybridized carbons (Fsp3) is 0.0909. The molecule has 0 atom stereocenters. The van der Waals surface area contributed by atoms with Crippen molar-refractivity contribution < 1.29 is 26.7 Å². The molecule has 0 aliphatic rings. The number of anilines is 1. The Kier molecular flexibility index (Phi) is 5.18. The Morgan fingerprint density at radius 3 is 2.16 bits per heavy atom. The van der Waals surface area contributed by atoms with Crippen LogP contribution >= 0.6 is 0 Å². The zero-order chi connectivity index (χ0) is 22.2. The number of hydrogen-bond acceptors (Lipinski definition) is 2. The number of aromatic nitrogens is 2. The number of alkyl halides is 3. The van der Waals surface area contributed by atoms with E-state index in [1.165, 1.54) is 59.1 Å². The second-order valence-corrected chi connectivity index (χ2v) is 6.81. The first-order valence-electron chi connectivity index (χ1n) is 9.10. The van der Waals surface area contributed by atoms with E-state index in [0.717, 1.165) is 12.1 Å². The van der Waals surface area contributed by atoms with Crippen molar-refractivity contribution in [2.24, 2.45) is 0 Å². The number of fused-ring (bicyclic) bond motifs is 1. The lowest BCUT2D eigenvalue weighted by Crippen LogP contribution is -2.15. The van der Waals surface area contributed by atoms with E-state index in [0.29, 0.717) is 16.8 Å². The minimum atomic E-state index is -4.56. The Morgan fingerprint density at radius 1 is 0.935 bits per heavy atom. The van der Waals surface area contributed by atoms with Gasteiger partial charge in [0.25, 0.3) is 0 Å². The fourth-order valence-corrected chi connectivity index (χ4v) is 3.16. The summed E-state index contributed by atoms with van der Waals surface area (Å²) >= 11 is 0. The Balaban J connectivity index is 1.74. The van der Waals surface area contributed by atoms with Gasteiger partial charge >= 0.3 is 6.18 Å². The zero-order valence-electron chi connectivity index (χ0n) is 15.8. The number of rotatable bonds is 4. The first-order valence-corrected chi connectivity index (χ1v) is 9.10. The molecule has 4 rings (SSSR count). The van der Waals surface area contributed by atoms with Crippen LogP contribution in [-0.2, 0) is 17.4 Å². The molecule has 1 N–H and O–H groups in total. The third kappa shape index (κ3) is 4.40. The molecule has 0 fully saturated rings. The highest BCUT2D eigenvalue weighted by Gasteiger charge is 2.31. The monoisotopic (exact) mass is 431 g/mol. The van der Waals surface area contributed by atoms with Gasteiger partial charge in [0.05, 0.1) is 17.7 Å². The maximum Gasteiger partial charge on any atom is 0.416 e. The van der Waals surface area contributed by atoms with Crippen LogP contribution < -0.4 is 5.32 Å². The number of nitrogens with one attached hydrogen (secondary N) is 1. The van der Waals surface area contributed by atoms with Gasteiger partial charge in [0.1, 0.15) is 17.3 Å². The highest BCUT2D eigenvalue weighted by molar-refractivity contribution is 5.95. The molecule has 4 nitrogen and oxygen atoms in total. The van der Waals surface area contributed by atoms with Crippen LogP contribution in [0.25, 0.3) is 16.9 Å². The molecule has 4 aromatic rings. The van der Waals surface area contributed by atoms with E-state index in [4.69, 9.17) is 0 Å². The number of pyridine rings is 1. The van der Waals surface area contributed by atoms with Crippen LogP contribution in [0.2, 0.25) is 0 Å². The van der Waals surface area contributed by atoms with Crippen LogP contribution in [0.5, 0.6) is 0 Å². The van der Waals surface area contributed by atoms with E-state index in [2.05, 4.69) is 10.3 Å². The molecule has 158 valence electrons. The van der Waals surface area contributed by atoms with Crippen molar-refractivity contribution in [2.75, 3.05) is 5.32 Å². The summed E-state index contributed by atoms with van der Waals surface area (Å²) in [7, 11) is 0. The smallest absolute Gasteiger partial charge is 0.309 e. The summed E-state index contributed by atoms with van der Waals surface area (Å²) in [6, 6.07) is 12.4. The van der Waals surface area contributed by atoms with Crippen molar-refractivity contribution in [1.82, 2.24) is 9.38 Å². The van der Waals surface area contributed by atoms with Gasteiger partial charge in [-0.3, -0.25) is 9.20 Å². The van der Waals surface area contributed by atoms with Gasteiger partial charge in [-0.15, -0.1) is 0 Å². The molecule has 0 aliphatic heterocycles. The van der Waals surface area contributed by atoms with Crippen molar-refractivity contribution in [3.63, 3.8) is 0 Å². The first-order chi connectivity index (χ1) is 14.7. The standard InChI is InChI=1S/C22H14F5N3O/c23-16-5-1-13(2-6-16)11-19(31)29-21-20(14-3-7-17(24)8-4-14)30-10-9-15(22(25,26)27)12-18(30)28-21/h1-10,12H,11H2,(H,29,31). The Labute approximate surface area is 173 Å². The van der Waals surface area contributed by atoms with E-state index < -0.39 is 29.3 Å². The Bertz CT molecular complexity index is 1250. The summed E-state index contributed by atoms with van der Waals surface area (Å²) in [5.74, 6) is -1.39. The van der Waals surface area contributed by atoms with Gasteiger partial charge < -0.3 is 5.32 Å². The van der Waals surface area contributed by atoms with Gasteiger partial charge in [-0.1, -0.05) is 12.1 Å². The van der Waals surface area contributed by atoms with Crippen LogP contribution in [-0.4, -0.2) is 15.3 Å². The van der Waals surface area contributed by atoms with Crippen LogP contribution in [0, 0.1) is 11.6 Å². The molecule has 0 bridgehead atoms. The molecule has 0 unspecified atom stereocenters. The van der Waals surface area contributed by atoms with E-state index in [1.54, 1.807) is 0 Å². The van der Waals surface area contributed by atoms with Crippen LogP contribution in [0.1, 0.15) is 11.1 Å². The molecule has 1 amide bonds. The summed E-state index contributed by atoms with van der Waals surface area (Å²) in [5.41, 5.74) is 0.373. The van der Waals surface area contributed by atoms with Gasteiger partial charge in [-0.2, -0.15) is 13.2 Å². The van der Waals surface area contributed by atoms with Gasteiger partial charge in [-0.05, 0) is 54.1 Å². The first kappa shape index (κ1) is 20.5. The lowest BCUT2D eigenvalue weighted by molar-refractivity contribution is -0.137. The summed E-state index contributed by atoms with van der Waals surface area (Å²) in [6.45, 7) is 0. The van der Waals surface area contributed by atoms with Crippen molar-refractivity contribution in [3.05, 3.63) is 89.6 Å². The molecule has 9 heteroatoms. The second kappa shape index (κ2) is 7.82. The van der Waals surface area contributed by atoms with E-state index in [-0.39, 0.29) is 17.9 Å². The predicted octanol–water partition coefficient (Wildman–Crippen LogP) is 5.48. The Morgan fingerprint density at radius 2 is 1.55 bits per heavy atom. The number of carbonyl (C=O) groups excluding carboxylic acids is 1. The number of hydrogen-bond donors (Lipinski definition) is 1. The van der Waals surface area contributed by atoms with E-state index >= 15 is 0 Å². The third-order valence-corrected chi connectivity index (χ3v) is 4.61. The fourth-order valence-electron chi connectivity index (χ4n) is 3.16. The summed E-state index contributed by atoms with van der Waals surface area (Å²) in [4.78, 5) is 16.7. The van der Waals surface area contributed by atoms with Gasteiger partial charge in [0.15, 0.2) is 5.82 Å². The summed E-state index contributed by atoms with van der Waals surface area (Å²) in [6.07, 6.45) is -3.46.